The molecule has 1 aliphatic heterocycles. The second kappa shape index (κ2) is 11.4. The summed E-state index contributed by atoms with van der Waals surface area (Å²) >= 11 is 0. The fraction of sp³-hybridized carbons (Fsp3) is 0.524. The first-order valence-corrected chi connectivity index (χ1v) is 9.90. The van der Waals surface area contributed by atoms with Crippen LogP contribution in [0.2, 0.25) is 0 Å². The fourth-order valence-corrected chi connectivity index (χ4v) is 3.59. The van der Waals surface area contributed by atoms with Crippen LogP contribution in [-0.2, 0) is 6.54 Å². The largest absolute Gasteiger partial charge is 0.357 e. The number of pyridine rings is 1. The Kier molecular flexibility index (Phi) is 9.27. The molecule has 6 heteroatoms. The molecule has 0 atom stereocenters. The highest BCUT2D eigenvalue weighted by molar-refractivity contribution is 14.0. The molecule has 0 radical (unpaired) electrons. The van der Waals surface area contributed by atoms with Gasteiger partial charge < -0.3 is 15.5 Å². The number of fused-ring (bicyclic) bond motifs is 1. The van der Waals surface area contributed by atoms with Crippen LogP contribution in [0.4, 0.5) is 0 Å². The number of para-hydroxylation sites is 1. The van der Waals surface area contributed by atoms with Gasteiger partial charge in [0.15, 0.2) is 5.96 Å². The molecule has 0 amide bonds. The van der Waals surface area contributed by atoms with Gasteiger partial charge in [0.25, 0.3) is 0 Å². The van der Waals surface area contributed by atoms with E-state index in [4.69, 9.17) is 4.99 Å². The van der Waals surface area contributed by atoms with Crippen molar-refractivity contribution in [3.63, 3.8) is 0 Å². The van der Waals surface area contributed by atoms with Gasteiger partial charge in [-0.3, -0.25) is 4.98 Å². The molecule has 0 aliphatic carbocycles. The van der Waals surface area contributed by atoms with Gasteiger partial charge in [-0.15, -0.1) is 24.0 Å². The van der Waals surface area contributed by atoms with Crippen molar-refractivity contribution in [3.8, 4) is 0 Å². The lowest BCUT2D eigenvalue weighted by atomic mass is 10.1. The van der Waals surface area contributed by atoms with Crippen molar-refractivity contribution in [2.75, 3.05) is 26.2 Å². The normalized spacial score (nSPS) is 16.1. The first kappa shape index (κ1) is 21.9. The quantitative estimate of drug-likeness (QED) is 0.375. The van der Waals surface area contributed by atoms with Crippen molar-refractivity contribution in [2.45, 2.75) is 45.7 Å². The van der Waals surface area contributed by atoms with Gasteiger partial charge in [0, 0.05) is 37.3 Å². The van der Waals surface area contributed by atoms with E-state index in [1.807, 2.05) is 12.3 Å². The van der Waals surface area contributed by atoms with Crippen molar-refractivity contribution in [3.05, 3.63) is 42.1 Å². The Balaban J connectivity index is 0.00000261. The number of aromatic nitrogens is 1. The third-order valence-corrected chi connectivity index (χ3v) is 4.94. The lowest BCUT2D eigenvalue weighted by Crippen LogP contribution is -2.48. The summed E-state index contributed by atoms with van der Waals surface area (Å²) in [5, 5.41) is 8.19. The molecule has 1 saturated heterocycles. The van der Waals surface area contributed by atoms with Gasteiger partial charge in [-0.1, -0.05) is 31.2 Å². The Bertz CT molecular complexity index is 720. The van der Waals surface area contributed by atoms with Crippen molar-refractivity contribution >= 4 is 40.8 Å². The average molecular weight is 481 g/mol. The maximum Gasteiger partial charge on any atom is 0.191 e. The molecule has 1 fully saturated rings. The van der Waals surface area contributed by atoms with Crippen molar-refractivity contribution in [2.24, 2.45) is 4.99 Å². The summed E-state index contributed by atoms with van der Waals surface area (Å²) in [6.07, 6.45) is 5.45. The van der Waals surface area contributed by atoms with Gasteiger partial charge >= 0.3 is 0 Å². The molecule has 0 bridgehead atoms. The minimum atomic E-state index is 0. The summed E-state index contributed by atoms with van der Waals surface area (Å²) in [6.45, 7) is 9.45. The molecule has 2 N–H and O–H groups in total. The maximum atomic E-state index is 4.82. The van der Waals surface area contributed by atoms with Crippen molar-refractivity contribution in [1.29, 1.82) is 0 Å². The number of hydrogen-bond donors (Lipinski definition) is 2. The molecule has 2 aromatic rings. The van der Waals surface area contributed by atoms with Crippen LogP contribution >= 0.6 is 24.0 Å². The number of rotatable bonds is 6. The molecule has 2 heterocycles. The van der Waals surface area contributed by atoms with Crippen LogP contribution in [0, 0.1) is 0 Å². The second-order valence-electron chi connectivity index (χ2n) is 6.95. The summed E-state index contributed by atoms with van der Waals surface area (Å²) in [5.74, 6) is 0.911. The number of piperidine rings is 1. The molecule has 27 heavy (non-hydrogen) atoms. The molecule has 5 nitrogen and oxygen atoms in total. The zero-order chi connectivity index (χ0) is 18.2. The SMILES string of the molecule is CCCN1CCC(NC(=NCc2cccc3cccnc23)NCC)CC1.I. The van der Waals surface area contributed by atoms with Crippen LogP contribution in [-0.4, -0.2) is 48.1 Å². The smallest absolute Gasteiger partial charge is 0.191 e. The molecule has 148 valence electrons. The number of guanidine groups is 1. The molecule has 0 saturated carbocycles. The topological polar surface area (TPSA) is 52.5 Å². The first-order valence-electron chi connectivity index (χ1n) is 9.90. The lowest BCUT2D eigenvalue weighted by Gasteiger charge is -2.32. The molecule has 0 spiro atoms. The first-order chi connectivity index (χ1) is 12.8. The van der Waals surface area contributed by atoms with E-state index in [2.05, 4.69) is 58.6 Å². The third-order valence-electron chi connectivity index (χ3n) is 4.94. The molecule has 1 aliphatic rings. The van der Waals surface area contributed by atoms with Crippen LogP contribution in [0.15, 0.2) is 41.5 Å². The monoisotopic (exact) mass is 481 g/mol. The van der Waals surface area contributed by atoms with Gasteiger partial charge in [0.05, 0.1) is 12.1 Å². The molecular formula is C21H32IN5. The minimum absolute atomic E-state index is 0. The van der Waals surface area contributed by atoms with E-state index in [-0.39, 0.29) is 24.0 Å². The van der Waals surface area contributed by atoms with E-state index in [1.165, 1.54) is 44.3 Å². The summed E-state index contributed by atoms with van der Waals surface area (Å²) in [6, 6.07) is 10.9. The van der Waals surface area contributed by atoms with Crippen LogP contribution < -0.4 is 10.6 Å². The Morgan fingerprint density at radius 1 is 1.19 bits per heavy atom. The highest BCUT2D eigenvalue weighted by Crippen LogP contribution is 2.16. The molecule has 1 aromatic heterocycles. The predicted octanol–water partition coefficient (Wildman–Crippen LogP) is 3.78. The highest BCUT2D eigenvalue weighted by atomic mass is 127. The highest BCUT2D eigenvalue weighted by Gasteiger charge is 2.19. The van der Waals surface area contributed by atoms with Crippen LogP contribution in [0.1, 0.15) is 38.7 Å². The Morgan fingerprint density at radius 2 is 1.96 bits per heavy atom. The lowest BCUT2D eigenvalue weighted by molar-refractivity contribution is 0.206. The number of likely N-dealkylation sites (tertiary alicyclic amines) is 1. The van der Waals surface area contributed by atoms with Gasteiger partial charge in [-0.25, -0.2) is 4.99 Å². The number of aliphatic imine (C=N–C) groups is 1. The van der Waals surface area contributed by atoms with E-state index in [0.717, 1.165) is 23.6 Å². The third kappa shape index (κ3) is 6.31. The Hall–Kier alpha value is -1.41. The van der Waals surface area contributed by atoms with E-state index in [0.29, 0.717) is 12.6 Å². The Labute approximate surface area is 180 Å². The van der Waals surface area contributed by atoms with Crippen LogP contribution in [0.5, 0.6) is 0 Å². The number of halogens is 1. The maximum absolute atomic E-state index is 4.82. The van der Waals surface area contributed by atoms with Crippen LogP contribution in [0.25, 0.3) is 10.9 Å². The zero-order valence-electron chi connectivity index (χ0n) is 16.4. The van der Waals surface area contributed by atoms with E-state index in [9.17, 15) is 0 Å². The summed E-state index contributed by atoms with van der Waals surface area (Å²) in [5.41, 5.74) is 2.21. The summed E-state index contributed by atoms with van der Waals surface area (Å²) < 4.78 is 0. The van der Waals surface area contributed by atoms with Crippen molar-refractivity contribution < 1.29 is 0 Å². The summed E-state index contributed by atoms with van der Waals surface area (Å²) in [4.78, 5) is 11.9. The van der Waals surface area contributed by atoms with E-state index >= 15 is 0 Å². The molecule has 3 rings (SSSR count). The van der Waals surface area contributed by atoms with Gasteiger partial charge in [0.1, 0.15) is 0 Å². The average Bonchev–Trinajstić information content (AvgIpc) is 2.68. The zero-order valence-corrected chi connectivity index (χ0v) is 18.8. The minimum Gasteiger partial charge on any atom is -0.357 e. The number of benzene rings is 1. The standard InChI is InChI=1S/C21H31N5.HI/c1-3-13-26-14-10-19(11-15-26)25-21(22-4-2)24-16-18-8-5-7-17-9-6-12-23-20(17)18;/h5-9,12,19H,3-4,10-11,13-16H2,1-2H3,(H2,22,24,25);1H. The van der Waals surface area contributed by atoms with Gasteiger partial charge in [-0.05, 0) is 44.4 Å². The Morgan fingerprint density at radius 3 is 2.70 bits per heavy atom. The molecule has 1 aromatic carbocycles. The van der Waals surface area contributed by atoms with E-state index < -0.39 is 0 Å². The van der Waals surface area contributed by atoms with Gasteiger partial charge in [0.2, 0.25) is 0 Å². The number of nitrogens with zero attached hydrogens (tertiary/aromatic N) is 3. The molecular weight excluding hydrogens is 449 g/mol. The van der Waals surface area contributed by atoms with E-state index in [1.54, 1.807) is 0 Å². The fourth-order valence-electron chi connectivity index (χ4n) is 3.59. The van der Waals surface area contributed by atoms with Crippen molar-refractivity contribution in [1.82, 2.24) is 20.5 Å². The van der Waals surface area contributed by atoms with Gasteiger partial charge in [-0.2, -0.15) is 0 Å². The predicted molar refractivity (Wildman–Crippen MR) is 125 cm³/mol. The van der Waals surface area contributed by atoms with Crippen LogP contribution in [0.3, 0.4) is 0 Å². The second-order valence-corrected chi connectivity index (χ2v) is 6.95. The summed E-state index contributed by atoms with van der Waals surface area (Å²) in [7, 11) is 0. The number of hydrogen-bond acceptors (Lipinski definition) is 3. The molecule has 0 unspecified atom stereocenters. The number of nitrogens with one attached hydrogen (secondary N) is 2.